The first-order valence-corrected chi connectivity index (χ1v) is 11.3. The summed E-state index contributed by atoms with van der Waals surface area (Å²) in [4.78, 5) is 42.8. The summed E-state index contributed by atoms with van der Waals surface area (Å²) < 4.78 is 0. The maximum absolute atomic E-state index is 13.8. The first-order valence-electron chi connectivity index (χ1n) is 11.3. The minimum absolute atomic E-state index is 0.114. The summed E-state index contributed by atoms with van der Waals surface area (Å²) in [5.74, 6) is -0.278. The fraction of sp³-hybridized carbons (Fsp3) is 0.346. The summed E-state index contributed by atoms with van der Waals surface area (Å²) in [6.45, 7) is 2.34. The van der Waals surface area contributed by atoms with Crippen LogP contribution < -0.4 is 0 Å². The van der Waals surface area contributed by atoms with Crippen LogP contribution in [0.15, 0.2) is 60.2 Å². The van der Waals surface area contributed by atoms with Gasteiger partial charge in [0.15, 0.2) is 0 Å². The molecular weight excluding hydrogens is 434 g/mol. The predicted octanol–water partition coefficient (Wildman–Crippen LogP) is 2.83. The van der Waals surface area contributed by atoms with E-state index in [1.807, 2.05) is 30.3 Å². The molecule has 1 fully saturated rings. The number of nitrogens with zero attached hydrogens (tertiary/aromatic N) is 3. The predicted molar refractivity (Wildman–Crippen MR) is 127 cm³/mol. The van der Waals surface area contributed by atoms with E-state index in [-0.39, 0.29) is 30.7 Å². The molecule has 0 radical (unpaired) electrons. The quantitative estimate of drug-likeness (QED) is 0.710. The van der Waals surface area contributed by atoms with Crippen LogP contribution >= 0.6 is 0 Å². The molecule has 8 heteroatoms. The lowest BCUT2D eigenvalue weighted by Gasteiger charge is -2.50. The molecule has 0 aliphatic carbocycles. The van der Waals surface area contributed by atoms with Crippen molar-refractivity contribution in [1.82, 2.24) is 14.7 Å². The van der Waals surface area contributed by atoms with Crippen molar-refractivity contribution in [3.05, 3.63) is 71.3 Å². The molecule has 0 aromatic heterocycles. The molecule has 3 amide bonds. The number of benzene rings is 2. The second-order valence-electron chi connectivity index (χ2n) is 8.89. The molecule has 178 valence electrons. The Balaban J connectivity index is 1.74. The topological polar surface area (TPSA) is 101 Å². The molecule has 2 heterocycles. The molecule has 0 unspecified atom stereocenters. The number of likely N-dealkylation sites (N-methyl/N-ethyl adjacent to an activating group) is 1. The maximum Gasteiger partial charge on any atom is 0.408 e. The van der Waals surface area contributed by atoms with Crippen LogP contribution in [0.2, 0.25) is 0 Å². The second-order valence-corrected chi connectivity index (χ2v) is 8.89. The van der Waals surface area contributed by atoms with Crippen molar-refractivity contribution in [3.8, 4) is 5.75 Å². The van der Waals surface area contributed by atoms with Crippen molar-refractivity contribution in [3.63, 3.8) is 0 Å². The van der Waals surface area contributed by atoms with E-state index in [1.54, 1.807) is 41.1 Å². The molecule has 2 bridgehead atoms. The Hall–Kier alpha value is -3.81. The molecule has 2 aromatic carbocycles. The highest BCUT2D eigenvalue weighted by molar-refractivity contribution is 6.04. The lowest BCUT2D eigenvalue weighted by Crippen LogP contribution is -2.64. The molecular formula is C26H29N3O5. The van der Waals surface area contributed by atoms with Gasteiger partial charge in [-0.15, -0.1) is 0 Å². The van der Waals surface area contributed by atoms with E-state index < -0.39 is 18.2 Å². The molecule has 1 saturated heterocycles. The maximum atomic E-state index is 13.8. The number of phenolic OH excluding ortho intramolecular Hbond substituents is 1. The number of aromatic hydroxyl groups is 1. The lowest BCUT2D eigenvalue weighted by molar-refractivity contribution is -0.134. The van der Waals surface area contributed by atoms with Gasteiger partial charge in [-0.3, -0.25) is 14.5 Å². The Morgan fingerprint density at radius 1 is 1.03 bits per heavy atom. The monoisotopic (exact) mass is 463 g/mol. The van der Waals surface area contributed by atoms with Crippen molar-refractivity contribution in [2.75, 3.05) is 26.7 Å². The van der Waals surface area contributed by atoms with E-state index in [0.717, 1.165) is 16.7 Å². The number of carbonyl (C=O) groups is 3. The number of hydrogen-bond acceptors (Lipinski definition) is 4. The third-order valence-electron chi connectivity index (χ3n) is 6.69. The zero-order valence-electron chi connectivity index (χ0n) is 19.3. The van der Waals surface area contributed by atoms with Crippen LogP contribution in [0.4, 0.5) is 4.79 Å². The minimum Gasteiger partial charge on any atom is -0.508 e. The van der Waals surface area contributed by atoms with Crippen LogP contribution in [0.3, 0.4) is 0 Å². The van der Waals surface area contributed by atoms with Gasteiger partial charge in [0.2, 0.25) is 5.91 Å². The molecule has 2 atom stereocenters. The zero-order valence-corrected chi connectivity index (χ0v) is 19.3. The standard InChI is InChI=1S/C26H29N3O5/c1-17(30)28-15-20-14-22(19-8-10-21(31)11-9-19)24(23(16-28)29(20)26(33)34)25(32)27(2)13-12-18-6-4-3-5-7-18/h3-11,20,23,31H,12-16H2,1-2H3,(H,33,34)/t20-,23-/m1/s1. The van der Waals surface area contributed by atoms with E-state index in [0.29, 0.717) is 25.0 Å². The van der Waals surface area contributed by atoms with Gasteiger partial charge >= 0.3 is 6.09 Å². The lowest BCUT2D eigenvalue weighted by atomic mass is 9.81. The molecule has 2 aromatic rings. The summed E-state index contributed by atoms with van der Waals surface area (Å²) in [6, 6.07) is 15.3. The third-order valence-corrected chi connectivity index (χ3v) is 6.69. The summed E-state index contributed by atoms with van der Waals surface area (Å²) in [6.07, 6.45) is -0.119. The van der Waals surface area contributed by atoms with E-state index in [4.69, 9.17) is 0 Å². The van der Waals surface area contributed by atoms with E-state index in [1.165, 1.54) is 11.8 Å². The molecule has 2 aliphatic rings. The SMILES string of the molecule is CC(=O)N1C[C@H]2CC(c3ccc(O)cc3)=C(C(=O)N(C)CCc3ccccc3)[C@@H](C1)N2C(=O)O. The van der Waals surface area contributed by atoms with Crippen LogP contribution in [-0.2, 0) is 16.0 Å². The smallest absolute Gasteiger partial charge is 0.408 e. The molecule has 2 aliphatic heterocycles. The largest absolute Gasteiger partial charge is 0.508 e. The van der Waals surface area contributed by atoms with Gasteiger partial charge in [-0.2, -0.15) is 0 Å². The Bertz CT molecular complexity index is 1110. The van der Waals surface area contributed by atoms with Crippen molar-refractivity contribution in [2.45, 2.75) is 31.8 Å². The number of fused-ring (bicyclic) bond motifs is 2. The van der Waals surface area contributed by atoms with E-state index in [9.17, 15) is 24.6 Å². The molecule has 2 N–H and O–H groups in total. The van der Waals surface area contributed by atoms with Crippen molar-refractivity contribution >= 4 is 23.5 Å². The Morgan fingerprint density at radius 2 is 1.71 bits per heavy atom. The van der Waals surface area contributed by atoms with Gasteiger partial charge in [-0.1, -0.05) is 42.5 Å². The normalized spacial score (nSPS) is 19.7. The van der Waals surface area contributed by atoms with Crippen LogP contribution in [0.5, 0.6) is 5.75 Å². The van der Waals surface area contributed by atoms with Gasteiger partial charge in [-0.25, -0.2) is 4.79 Å². The summed E-state index contributed by atoms with van der Waals surface area (Å²) in [7, 11) is 1.72. The molecule has 4 rings (SSSR count). The van der Waals surface area contributed by atoms with Crippen molar-refractivity contribution < 1.29 is 24.6 Å². The zero-order chi connectivity index (χ0) is 24.4. The molecule has 34 heavy (non-hydrogen) atoms. The van der Waals surface area contributed by atoms with E-state index >= 15 is 0 Å². The minimum atomic E-state index is -1.10. The van der Waals surface area contributed by atoms with Gasteiger partial charge in [0.1, 0.15) is 5.75 Å². The third kappa shape index (κ3) is 4.62. The summed E-state index contributed by atoms with van der Waals surface area (Å²) in [5, 5.41) is 19.7. The summed E-state index contributed by atoms with van der Waals surface area (Å²) in [5.41, 5.74) is 3.04. The van der Waals surface area contributed by atoms with Crippen molar-refractivity contribution in [1.29, 1.82) is 0 Å². The van der Waals surface area contributed by atoms with Gasteiger partial charge in [-0.05, 0) is 41.7 Å². The van der Waals surface area contributed by atoms with Gasteiger partial charge in [0, 0.05) is 39.2 Å². The number of rotatable bonds is 5. The first-order chi connectivity index (χ1) is 16.3. The van der Waals surface area contributed by atoms with Crippen LogP contribution in [0.25, 0.3) is 5.57 Å². The average molecular weight is 464 g/mol. The average Bonchev–Trinajstić information content (AvgIpc) is 2.82. The molecule has 0 spiro atoms. The van der Waals surface area contributed by atoms with Crippen LogP contribution in [0, 0.1) is 0 Å². The van der Waals surface area contributed by atoms with Crippen LogP contribution in [0.1, 0.15) is 24.5 Å². The Labute approximate surface area is 198 Å². The number of phenols is 1. The second kappa shape index (κ2) is 9.59. The summed E-state index contributed by atoms with van der Waals surface area (Å²) >= 11 is 0. The van der Waals surface area contributed by atoms with Gasteiger partial charge in [0.05, 0.1) is 12.1 Å². The number of amides is 3. The highest BCUT2D eigenvalue weighted by Gasteiger charge is 2.47. The van der Waals surface area contributed by atoms with Gasteiger partial charge < -0.3 is 20.0 Å². The molecule has 8 nitrogen and oxygen atoms in total. The number of carbonyl (C=O) groups excluding carboxylic acids is 2. The fourth-order valence-electron chi connectivity index (χ4n) is 4.91. The van der Waals surface area contributed by atoms with Gasteiger partial charge in [0.25, 0.3) is 5.91 Å². The number of piperazine rings is 1. The highest BCUT2D eigenvalue weighted by atomic mass is 16.4. The Kier molecular flexibility index (Phi) is 6.58. The van der Waals surface area contributed by atoms with Crippen molar-refractivity contribution in [2.24, 2.45) is 0 Å². The fourth-order valence-corrected chi connectivity index (χ4v) is 4.91. The molecule has 0 saturated carbocycles. The van der Waals surface area contributed by atoms with E-state index in [2.05, 4.69) is 0 Å². The highest BCUT2D eigenvalue weighted by Crippen LogP contribution is 2.39. The Morgan fingerprint density at radius 3 is 2.32 bits per heavy atom. The first kappa shape index (κ1) is 23.4. The number of carboxylic acid groups (broad SMARTS) is 1. The van der Waals surface area contributed by atoms with Crippen LogP contribution in [-0.4, -0.2) is 81.6 Å². The number of hydrogen-bond donors (Lipinski definition) is 2.